The third-order valence-electron chi connectivity index (χ3n) is 3.57. The second-order valence-electron chi connectivity index (χ2n) is 5.05. The van der Waals surface area contributed by atoms with Crippen molar-refractivity contribution in [2.75, 3.05) is 32.8 Å². The van der Waals surface area contributed by atoms with Crippen LogP contribution in [0.15, 0.2) is 0 Å². The average molecular weight is 242 g/mol. The van der Waals surface area contributed by atoms with Crippen LogP contribution < -0.4 is 5.32 Å². The summed E-state index contributed by atoms with van der Waals surface area (Å²) in [5.74, 6) is 0. The second-order valence-corrected chi connectivity index (χ2v) is 5.05. The van der Waals surface area contributed by atoms with Gasteiger partial charge in [0.15, 0.2) is 0 Å². The molecule has 1 unspecified atom stereocenters. The summed E-state index contributed by atoms with van der Waals surface area (Å²) in [4.78, 5) is 2.52. The van der Waals surface area contributed by atoms with Crippen LogP contribution in [-0.2, 0) is 4.74 Å². The summed E-state index contributed by atoms with van der Waals surface area (Å²) < 4.78 is 5.43. The molecule has 0 aromatic heterocycles. The van der Waals surface area contributed by atoms with E-state index >= 15 is 0 Å². The summed E-state index contributed by atoms with van der Waals surface area (Å²) >= 11 is 0. The maximum atomic E-state index is 5.43. The number of nitrogens with zero attached hydrogens (tertiary/aromatic N) is 1. The number of rotatable bonds is 11. The third-order valence-corrected chi connectivity index (χ3v) is 3.57. The van der Waals surface area contributed by atoms with Gasteiger partial charge in [0, 0.05) is 25.2 Å². The molecule has 1 fully saturated rings. The molecule has 3 heteroatoms. The third kappa shape index (κ3) is 7.02. The first-order chi connectivity index (χ1) is 8.27. The van der Waals surface area contributed by atoms with E-state index in [1.54, 1.807) is 0 Å². The molecule has 1 aliphatic carbocycles. The molecule has 0 aromatic rings. The van der Waals surface area contributed by atoms with Gasteiger partial charge < -0.3 is 10.1 Å². The average Bonchev–Trinajstić information content (AvgIpc) is 3.14. The number of hydrogen-bond donors (Lipinski definition) is 1. The van der Waals surface area contributed by atoms with Crippen LogP contribution in [0, 0.1) is 0 Å². The van der Waals surface area contributed by atoms with Gasteiger partial charge in [-0.15, -0.1) is 0 Å². The monoisotopic (exact) mass is 242 g/mol. The lowest BCUT2D eigenvalue weighted by Crippen LogP contribution is -2.36. The Balaban J connectivity index is 2.02. The van der Waals surface area contributed by atoms with Crippen molar-refractivity contribution in [1.29, 1.82) is 0 Å². The van der Waals surface area contributed by atoms with E-state index in [1.165, 1.54) is 32.2 Å². The van der Waals surface area contributed by atoms with E-state index in [9.17, 15) is 0 Å². The van der Waals surface area contributed by atoms with Gasteiger partial charge >= 0.3 is 0 Å². The summed E-state index contributed by atoms with van der Waals surface area (Å²) in [6.07, 6.45) is 5.37. The van der Waals surface area contributed by atoms with Gasteiger partial charge in [-0.2, -0.15) is 0 Å². The Bertz CT molecular complexity index is 183. The zero-order valence-corrected chi connectivity index (χ0v) is 11.9. The predicted octanol–water partition coefficient (Wildman–Crippen LogP) is 2.27. The fourth-order valence-corrected chi connectivity index (χ4v) is 2.19. The molecule has 0 radical (unpaired) electrons. The topological polar surface area (TPSA) is 24.5 Å². The van der Waals surface area contributed by atoms with Crippen LogP contribution in [0.25, 0.3) is 0 Å². The molecule has 1 atom stereocenters. The van der Waals surface area contributed by atoms with Gasteiger partial charge in [-0.3, -0.25) is 4.90 Å². The van der Waals surface area contributed by atoms with Gasteiger partial charge in [-0.25, -0.2) is 0 Å². The Hall–Kier alpha value is -0.120. The van der Waals surface area contributed by atoms with Crippen LogP contribution in [0.4, 0.5) is 0 Å². The first-order valence-corrected chi connectivity index (χ1v) is 7.33. The predicted molar refractivity (Wildman–Crippen MR) is 73.5 cm³/mol. The molecular formula is C14H30N2O. The van der Waals surface area contributed by atoms with Crippen LogP contribution in [0.3, 0.4) is 0 Å². The van der Waals surface area contributed by atoms with Gasteiger partial charge in [0.1, 0.15) is 0 Å². The fourth-order valence-electron chi connectivity index (χ4n) is 2.19. The van der Waals surface area contributed by atoms with E-state index in [1.807, 2.05) is 0 Å². The Labute approximate surface area is 107 Å². The summed E-state index contributed by atoms with van der Waals surface area (Å²) in [6.45, 7) is 11.7. The molecule has 0 spiro atoms. The summed E-state index contributed by atoms with van der Waals surface area (Å²) in [7, 11) is 0. The van der Waals surface area contributed by atoms with Crippen LogP contribution in [-0.4, -0.2) is 49.8 Å². The van der Waals surface area contributed by atoms with Gasteiger partial charge in [0.25, 0.3) is 0 Å². The number of ether oxygens (including phenoxy) is 1. The van der Waals surface area contributed by atoms with Crippen LogP contribution in [0.5, 0.6) is 0 Å². The van der Waals surface area contributed by atoms with E-state index < -0.39 is 0 Å². The molecule has 0 saturated heterocycles. The van der Waals surface area contributed by atoms with Crippen molar-refractivity contribution in [1.82, 2.24) is 10.2 Å². The lowest BCUT2D eigenvalue weighted by atomic mass is 10.1. The van der Waals surface area contributed by atoms with Crippen LogP contribution >= 0.6 is 0 Å². The van der Waals surface area contributed by atoms with Crippen molar-refractivity contribution >= 4 is 0 Å². The highest BCUT2D eigenvalue weighted by molar-refractivity contribution is 4.80. The summed E-state index contributed by atoms with van der Waals surface area (Å²) in [5.41, 5.74) is 0. The van der Waals surface area contributed by atoms with Gasteiger partial charge in [-0.1, -0.05) is 6.92 Å². The summed E-state index contributed by atoms with van der Waals surface area (Å²) in [6, 6.07) is 1.53. The van der Waals surface area contributed by atoms with Crippen LogP contribution in [0.2, 0.25) is 0 Å². The van der Waals surface area contributed by atoms with Gasteiger partial charge in [-0.05, 0) is 52.6 Å². The molecule has 0 heterocycles. The molecular weight excluding hydrogens is 212 g/mol. The van der Waals surface area contributed by atoms with E-state index in [0.717, 1.165) is 32.3 Å². The molecule has 17 heavy (non-hydrogen) atoms. The molecule has 1 N–H and O–H groups in total. The van der Waals surface area contributed by atoms with Gasteiger partial charge in [0.05, 0.1) is 6.61 Å². The summed E-state index contributed by atoms with van der Waals surface area (Å²) in [5, 5.41) is 3.58. The molecule has 1 saturated carbocycles. The minimum absolute atomic E-state index is 0.682. The SMILES string of the molecule is CCOCCN(CC)C(C)CCCNC1CC1. The zero-order valence-electron chi connectivity index (χ0n) is 11.9. The lowest BCUT2D eigenvalue weighted by Gasteiger charge is -2.27. The minimum atomic E-state index is 0.682. The molecule has 0 bridgehead atoms. The molecule has 0 aromatic carbocycles. The Morgan fingerprint density at radius 2 is 2.12 bits per heavy atom. The van der Waals surface area contributed by atoms with E-state index in [-0.39, 0.29) is 0 Å². The van der Waals surface area contributed by atoms with E-state index in [0.29, 0.717) is 6.04 Å². The maximum absolute atomic E-state index is 5.43. The highest BCUT2D eigenvalue weighted by atomic mass is 16.5. The fraction of sp³-hybridized carbons (Fsp3) is 1.00. The molecule has 3 nitrogen and oxygen atoms in total. The number of hydrogen-bond acceptors (Lipinski definition) is 3. The zero-order chi connectivity index (χ0) is 12.5. The molecule has 0 aliphatic heterocycles. The Morgan fingerprint density at radius 1 is 1.35 bits per heavy atom. The standard InChI is InChI=1S/C14H30N2O/c1-4-16(11-12-17-5-2)13(3)7-6-10-15-14-8-9-14/h13-15H,4-12H2,1-3H3. The van der Waals surface area contributed by atoms with Crippen molar-refractivity contribution < 1.29 is 4.74 Å². The highest BCUT2D eigenvalue weighted by Crippen LogP contribution is 2.18. The molecule has 102 valence electrons. The second kappa shape index (κ2) is 8.90. The minimum Gasteiger partial charge on any atom is -0.380 e. The molecule has 1 aliphatic rings. The molecule has 1 rings (SSSR count). The van der Waals surface area contributed by atoms with Crippen molar-refractivity contribution in [2.45, 2.75) is 58.5 Å². The molecule has 0 amide bonds. The van der Waals surface area contributed by atoms with Crippen molar-refractivity contribution in [3.05, 3.63) is 0 Å². The lowest BCUT2D eigenvalue weighted by molar-refractivity contribution is 0.0977. The Morgan fingerprint density at radius 3 is 2.71 bits per heavy atom. The number of nitrogens with one attached hydrogen (secondary N) is 1. The van der Waals surface area contributed by atoms with Crippen molar-refractivity contribution in [3.8, 4) is 0 Å². The van der Waals surface area contributed by atoms with Crippen molar-refractivity contribution in [2.24, 2.45) is 0 Å². The maximum Gasteiger partial charge on any atom is 0.0593 e. The van der Waals surface area contributed by atoms with E-state index in [2.05, 4.69) is 31.0 Å². The Kier molecular flexibility index (Phi) is 7.82. The van der Waals surface area contributed by atoms with Crippen molar-refractivity contribution in [3.63, 3.8) is 0 Å². The largest absolute Gasteiger partial charge is 0.380 e. The van der Waals surface area contributed by atoms with E-state index in [4.69, 9.17) is 4.74 Å². The van der Waals surface area contributed by atoms with Gasteiger partial charge in [0.2, 0.25) is 0 Å². The first kappa shape index (κ1) is 14.9. The highest BCUT2D eigenvalue weighted by Gasteiger charge is 2.19. The normalized spacial score (nSPS) is 17.6. The number of likely N-dealkylation sites (N-methyl/N-ethyl adjacent to an activating group) is 1. The smallest absolute Gasteiger partial charge is 0.0593 e. The van der Waals surface area contributed by atoms with Crippen LogP contribution in [0.1, 0.15) is 46.5 Å². The first-order valence-electron chi connectivity index (χ1n) is 7.33. The quantitative estimate of drug-likeness (QED) is 0.563.